The highest BCUT2D eigenvalue weighted by Gasteiger charge is 2.16. The minimum Gasteiger partial charge on any atom is -0.495 e. The lowest BCUT2D eigenvalue weighted by Crippen LogP contribution is -2.11. The van der Waals surface area contributed by atoms with E-state index in [1.165, 1.54) is 0 Å². The Balaban J connectivity index is 2.12. The topological polar surface area (TPSA) is 73.3 Å². The summed E-state index contributed by atoms with van der Waals surface area (Å²) in [5, 5.41) is 4.61. The minimum atomic E-state index is -0.569. The molecule has 0 fully saturated rings. The second-order valence-corrected chi connectivity index (χ2v) is 5.97. The number of hydrogen-bond acceptors (Lipinski definition) is 6. The standard InChI is InChI=1S/C19H18ClN3O3/c1-4-26-19(24)18-21-14-8-6-5-7-12(14)17(23-18)22-15-9-11(2)13(20)10-16(15)25-3/h5-10H,4H2,1-3H3,(H,21,22,23). The van der Waals surface area contributed by atoms with Gasteiger partial charge in [-0.15, -0.1) is 0 Å². The van der Waals surface area contributed by atoms with Crippen molar-refractivity contribution in [2.75, 3.05) is 19.0 Å². The minimum absolute atomic E-state index is 0.00213. The highest BCUT2D eigenvalue weighted by molar-refractivity contribution is 6.31. The lowest BCUT2D eigenvalue weighted by Gasteiger charge is -2.14. The van der Waals surface area contributed by atoms with Crippen molar-refractivity contribution >= 4 is 40.0 Å². The molecule has 0 saturated heterocycles. The highest BCUT2D eigenvalue weighted by Crippen LogP contribution is 2.34. The Morgan fingerprint density at radius 3 is 2.73 bits per heavy atom. The third-order valence-electron chi connectivity index (χ3n) is 3.80. The van der Waals surface area contributed by atoms with Crippen molar-refractivity contribution in [3.63, 3.8) is 0 Å². The Bertz CT molecular complexity index is 976. The summed E-state index contributed by atoms with van der Waals surface area (Å²) in [6, 6.07) is 11.0. The zero-order valence-electron chi connectivity index (χ0n) is 14.7. The molecule has 7 heteroatoms. The number of nitrogens with zero attached hydrogens (tertiary/aromatic N) is 2. The number of esters is 1. The van der Waals surface area contributed by atoms with E-state index < -0.39 is 5.97 Å². The van der Waals surface area contributed by atoms with Gasteiger partial charge < -0.3 is 14.8 Å². The van der Waals surface area contributed by atoms with Gasteiger partial charge in [-0.25, -0.2) is 14.8 Å². The third kappa shape index (κ3) is 3.55. The van der Waals surface area contributed by atoms with Gasteiger partial charge in [0, 0.05) is 16.5 Å². The molecule has 6 nitrogen and oxygen atoms in total. The number of carbonyl (C=O) groups excluding carboxylic acids is 1. The SMILES string of the molecule is CCOC(=O)c1nc(Nc2cc(C)c(Cl)cc2OC)c2ccccc2n1. The molecule has 0 bridgehead atoms. The van der Waals surface area contributed by atoms with Gasteiger partial charge in [0.25, 0.3) is 0 Å². The van der Waals surface area contributed by atoms with Gasteiger partial charge in [0.1, 0.15) is 11.6 Å². The Kier molecular flexibility index (Phi) is 5.23. The number of halogens is 1. The fraction of sp³-hybridized carbons (Fsp3) is 0.211. The Labute approximate surface area is 156 Å². The predicted octanol–water partition coefficient (Wildman–Crippen LogP) is 4.52. The van der Waals surface area contributed by atoms with E-state index in [9.17, 15) is 4.79 Å². The molecular formula is C19H18ClN3O3. The molecule has 0 radical (unpaired) electrons. The highest BCUT2D eigenvalue weighted by atomic mass is 35.5. The average Bonchev–Trinajstić information content (AvgIpc) is 2.64. The predicted molar refractivity (Wildman–Crippen MR) is 102 cm³/mol. The van der Waals surface area contributed by atoms with Crippen LogP contribution in [0.15, 0.2) is 36.4 Å². The van der Waals surface area contributed by atoms with E-state index in [4.69, 9.17) is 21.1 Å². The summed E-state index contributed by atoms with van der Waals surface area (Å²) in [5.74, 6) is 0.484. The van der Waals surface area contributed by atoms with E-state index in [-0.39, 0.29) is 12.4 Å². The maximum atomic E-state index is 12.1. The smallest absolute Gasteiger partial charge is 0.376 e. The van der Waals surface area contributed by atoms with Crippen molar-refractivity contribution in [3.8, 4) is 5.75 Å². The number of rotatable bonds is 5. The number of para-hydroxylation sites is 1. The number of benzene rings is 2. The van der Waals surface area contributed by atoms with E-state index in [0.29, 0.717) is 27.8 Å². The van der Waals surface area contributed by atoms with Crippen LogP contribution in [0.4, 0.5) is 11.5 Å². The van der Waals surface area contributed by atoms with Crippen LogP contribution < -0.4 is 10.1 Å². The van der Waals surface area contributed by atoms with Gasteiger partial charge in [0.15, 0.2) is 0 Å². The first-order valence-corrected chi connectivity index (χ1v) is 8.46. The number of aromatic nitrogens is 2. The molecular weight excluding hydrogens is 354 g/mol. The van der Waals surface area contributed by atoms with Gasteiger partial charge in [-0.3, -0.25) is 0 Å². The number of carbonyl (C=O) groups is 1. The molecule has 0 atom stereocenters. The molecule has 0 amide bonds. The number of hydrogen-bond donors (Lipinski definition) is 1. The first-order chi connectivity index (χ1) is 12.5. The summed E-state index contributed by atoms with van der Waals surface area (Å²) in [6.45, 7) is 3.89. The molecule has 26 heavy (non-hydrogen) atoms. The molecule has 1 N–H and O–H groups in total. The van der Waals surface area contributed by atoms with Crippen molar-refractivity contribution in [2.24, 2.45) is 0 Å². The van der Waals surface area contributed by atoms with Crippen LogP contribution in [0.1, 0.15) is 23.1 Å². The van der Waals surface area contributed by atoms with E-state index in [1.54, 1.807) is 20.1 Å². The fourth-order valence-corrected chi connectivity index (χ4v) is 2.67. The molecule has 134 valence electrons. The first kappa shape index (κ1) is 17.9. The first-order valence-electron chi connectivity index (χ1n) is 8.08. The molecule has 2 aromatic carbocycles. The summed E-state index contributed by atoms with van der Waals surface area (Å²) in [6.07, 6.45) is 0. The number of aryl methyl sites for hydroxylation is 1. The zero-order valence-corrected chi connectivity index (χ0v) is 15.4. The van der Waals surface area contributed by atoms with Crippen LogP contribution in [0, 0.1) is 6.92 Å². The summed E-state index contributed by atoms with van der Waals surface area (Å²) >= 11 is 6.17. The van der Waals surface area contributed by atoms with Crippen LogP contribution in [-0.2, 0) is 4.74 Å². The maximum Gasteiger partial charge on any atom is 0.376 e. The monoisotopic (exact) mass is 371 g/mol. The second-order valence-electron chi connectivity index (χ2n) is 5.56. The van der Waals surface area contributed by atoms with Crippen LogP contribution >= 0.6 is 11.6 Å². The van der Waals surface area contributed by atoms with E-state index in [0.717, 1.165) is 10.9 Å². The molecule has 3 rings (SSSR count). The molecule has 0 aliphatic carbocycles. The fourth-order valence-electron chi connectivity index (χ4n) is 2.52. The molecule has 0 aliphatic heterocycles. The molecule has 1 aromatic heterocycles. The average molecular weight is 372 g/mol. The lowest BCUT2D eigenvalue weighted by molar-refractivity contribution is 0.0512. The quantitative estimate of drug-likeness (QED) is 0.665. The van der Waals surface area contributed by atoms with Crippen LogP contribution in [0.2, 0.25) is 5.02 Å². The van der Waals surface area contributed by atoms with Crippen LogP contribution in [0.3, 0.4) is 0 Å². The van der Waals surface area contributed by atoms with Gasteiger partial charge in [-0.2, -0.15) is 0 Å². The second kappa shape index (κ2) is 7.58. The van der Waals surface area contributed by atoms with Crippen molar-refractivity contribution < 1.29 is 14.3 Å². The molecule has 0 spiro atoms. The maximum absolute atomic E-state index is 12.1. The van der Waals surface area contributed by atoms with Crippen molar-refractivity contribution in [3.05, 3.63) is 52.8 Å². The van der Waals surface area contributed by atoms with Crippen molar-refractivity contribution in [1.29, 1.82) is 0 Å². The van der Waals surface area contributed by atoms with Gasteiger partial charge in [0.05, 0.1) is 24.9 Å². The lowest BCUT2D eigenvalue weighted by atomic mass is 10.2. The molecule has 1 heterocycles. The van der Waals surface area contributed by atoms with Crippen LogP contribution in [0.25, 0.3) is 10.9 Å². The third-order valence-corrected chi connectivity index (χ3v) is 4.20. The Hall–Kier alpha value is -2.86. The Morgan fingerprint density at radius 1 is 1.23 bits per heavy atom. The molecule has 3 aromatic rings. The number of ether oxygens (including phenoxy) is 2. The summed E-state index contributed by atoms with van der Waals surface area (Å²) < 4.78 is 10.4. The van der Waals surface area contributed by atoms with Gasteiger partial charge in [0.2, 0.25) is 5.82 Å². The molecule has 0 unspecified atom stereocenters. The van der Waals surface area contributed by atoms with E-state index in [1.807, 2.05) is 37.3 Å². The van der Waals surface area contributed by atoms with Crippen molar-refractivity contribution in [1.82, 2.24) is 9.97 Å². The summed E-state index contributed by atoms with van der Waals surface area (Å²) in [7, 11) is 1.56. The normalized spacial score (nSPS) is 10.6. The zero-order chi connectivity index (χ0) is 18.7. The summed E-state index contributed by atoms with van der Waals surface area (Å²) in [4.78, 5) is 20.7. The molecule has 0 saturated carbocycles. The van der Waals surface area contributed by atoms with E-state index >= 15 is 0 Å². The van der Waals surface area contributed by atoms with Gasteiger partial charge in [-0.1, -0.05) is 23.7 Å². The van der Waals surface area contributed by atoms with Crippen LogP contribution in [0.5, 0.6) is 5.75 Å². The number of methoxy groups -OCH3 is 1. The van der Waals surface area contributed by atoms with Crippen LogP contribution in [-0.4, -0.2) is 29.7 Å². The van der Waals surface area contributed by atoms with E-state index in [2.05, 4.69) is 15.3 Å². The number of nitrogens with one attached hydrogen (secondary N) is 1. The van der Waals surface area contributed by atoms with Gasteiger partial charge >= 0.3 is 5.97 Å². The number of anilines is 2. The number of fused-ring (bicyclic) bond motifs is 1. The van der Waals surface area contributed by atoms with Crippen molar-refractivity contribution in [2.45, 2.75) is 13.8 Å². The van der Waals surface area contributed by atoms with Gasteiger partial charge in [-0.05, 0) is 37.6 Å². The Morgan fingerprint density at radius 2 is 2.00 bits per heavy atom. The molecule has 0 aliphatic rings. The summed E-state index contributed by atoms with van der Waals surface area (Å²) in [5.41, 5.74) is 2.21. The largest absolute Gasteiger partial charge is 0.495 e.